The molecule has 0 atom stereocenters. The van der Waals surface area contributed by atoms with Gasteiger partial charge in [0, 0.05) is 29.3 Å². The van der Waals surface area contributed by atoms with Gasteiger partial charge in [-0.15, -0.1) is 0 Å². The molecule has 11 heteroatoms. The summed E-state index contributed by atoms with van der Waals surface area (Å²) in [5.74, 6) is 0.699. The van der Waals surface area contributed by atoms with Crippen LogP contribution in [0.2, 0.25) is 10.0 Å². The number of hydrogen-bond donors (Lipinski definition) is 4. The fourth-order valence-electron chi connectivity index (χ4n) is 2.87. The maximum absolute atomic E-state index is 12.3. The third-order valence-corrected chi connectivity index (χ3v) is 5.19. The normalized spacial score (nSPS) is 10.1. The van der Waals surface area contributed by atoms with E-state index in [0.717, 1.165) is 5.56 Å². The van der Waals surface area contributed by atoms with E-state index in [4.69, 9.17) is 33.2 Å². The number of nitriles is 1. The van der Waals surface area contributed by atoms with Crippen molar-refractivity contribution < 1.29 is 14.3 Å². The molecule has 4 N–H and O–H groups in total. The first-order chi connectivity index (χ1) is 16.9. The Hall–Kier alpha value is -4.00. The third-order valence-electron chi connectivity index (χ3n) is 4.59. The van der Waals surface area contributed by atoms with Gasteiger partial charge in [-0.25, -0.2) is 14.6 Å². The summed E-state index contributed by atoms with van der Waals surface area (Å²) >= 11 is 12.1. The molecule has 9 nitrogen and oxygen atoms in total. The molecular formula is C24H22Cl2N6O3. The lowest BCUT2D eigenvalue weighted by atomic mass is 10.2. The minimum atomic E-state index is -0.550. The molecule has 35 heavy (non-hydrogen) atoms. The van der Waals surface area contributed by atoms with Crippen LogP contribution in [0.25, 0.3) is 0 Å². The summed E-state index contributed by atoms with van der Waals surface area (Å²) in [5, 5.41) is 20.6. The summed E-state index contributed by atoms with van der Waals surface area (Å²) in [6.07, 6.45) is 1.89. The van der Waals surface area contributed by atoms with Crippen LogP contribution in [-0.2, 0) is 6.54 Å². The molecule has 0 aliphatic carbocycles. The van der Waals surface area contributed by atoms with Crippen molar-refractivity contribution in [2.24, 2.45) is 0 Å². The smallest absolute Gasteiger partial charge is 0.324 e. The van der Waals surface area contributed by atoms with E-state index in [9.17, 15) is 9.59 Å². The summed E-state index contributed by atoms with van der Waals surface area (Å²) in [4.78, 5) is 28.3. The highest BCUT2D eigenvalue weighted by molar-refractivity contribution is 6.31. The molecule has 2 aromatic carbocycles. The SMILES string of the molecule is N#Cc1ccc(NC(=O)Nc2cc(Cl)ccc2OCCCNC(=O)NCc2ccccc2Cl)nc1. The van der Waals surface area contributed by atoms with Gasteiger partial charge < -0.3 is 20.7 Å². The molecule has 0 saturated heterocycles. The molecule has 3 aromatic rings. The molecule has 0 unspecified atom stereocenters. The lowest BCUT2D eigenvalue weighted by molar-refractivity contribution is 0.238. The van der Waals surface area contributed by atoms with E-state index < -0.39 is 6.03 Å². The van der Waals surface area contributed by atoms with Gasteiger partial charge in [-0.1, -0.05) is 41.4 Å². The van der Waals surface area contributed by atoms with Gasteiger partial charge in [0.1, 0.15) is 17.6 Å². The predicted octanol–water partition coefficient (Wildman–Crippen LogP) is 5.17. The van der Waals surface area contributed by atoms with Gasteiger partial charge in [0.2, 0.25) is 0 Å². The van der Waals surface area contributed by atoms with Crippen molar-refractivity contribution >= 4 is 46.8 Å². The van der Waals surface area contributed by atoms with Gasteiger partial charge in [-0.05, 0) is 48.4 Å². The second-order valence-electron chi connectivity index (χ2n) is 7.17. The van der Waals surface area contributed by atoms with Crippen molar-refractivity contribution in [2.45, 2.75) is 13.0 Å². The minimum absolute atomic E-state index is 0.282. The number of pyridine rings is 1. The fourth-order valence-corrected chi connectivity index (χ4v) is 3.24. The highest BCUT2D eigenvalue weighted by Crippen LogP contribution is 2.28. The largest absolute Gasteiger partial charge is 0.491 e. The summed E-state index contributed by atoms with van der Waals surface area (Å²) in [5.41, 5.74) is 1.58. The van der Waals surface area contributed by atoms with Crippen LogP contribution in [0.1, 0.15) is 17.5 Å². The lowest BCUT2D eigenvalue weighted by Crippen LogP contribution is -2.36. The first-order valence-corrected chi connectivity index (χ1v) is 11.3. The average molecular weight is 513 g/mol. The number of amides is 4. The van der Waals surface area contributed by atoms with E-state index in [1.165, 1.54) is 12.3 Å². The molecule has 0 aliphatic heterocycles. The maximum Gasteiger partial charge on any atom is 0.324 e. The average Bonchev–Trinajstić information content (AvgIpc) is 2.85. The number of aromatic nitrogens is 1. The van der Waals surface area contributed by atoms with Crippen molar-refractivity contribution in [1.29, 1.82) is 5.26 Å². The monoisotopic (exact) mass is 512 g/mol. The Morgan fingerprint density at radius 1 is 1.00 bits per heavy atom. The van der Waals surface area contributed by atoms with Crippen molar-refractivity contribution in [3.05, 3.63) is 82.0 Å². The first-order valence-electron chi connectivity index (χ1n) is 10.6. The van der Waals surface area contributed by atoms with Crippen LogP contribution < -0.4 is 26.0 Å². The summed E-state index contributed by atoms with van der Waals surface area (Å²) in [7, 11) is 0. The molecule has 0 radical (unpaired) electrons. The van der Waals surface area contributed by atoms with Gasteiger partial charge in [0.15, 0.2) is 0 Å². The minimum Gasteiger partial charge on any atom is -0.491 e. The first kappa shape index (κ1) is 25.6. The van der Waals surface area contributed by atoms with Crippen LogP contribution in [0.15, 0.2) is 60.8 Å². The van der Waals surface area contributed by atoms with E-state index >= 15 is 0 Å². The van der Waals surface area contributed by atoms with Gasteiger partial charge in [-0.2, -0.15) is 5.26 Å². The fraction of sp³-hybridized carbons (Fsp3) is 0.167. The summed E-state index contributed by atoms with van der Waals surface area (Å²) < 4.78 is 5.76. The molecule has 0 fully saturated rings. The molecule has 180 valence electrons. The highest BCUT2D eigenvalue weighted by Gasteiger charge is 2.10. The maximum atomic E-state index is 12.3. The molecule has 1 heterocycles. The summed E-state index contributed by atoms with van der Waals surface area (Å²) in [6, 6.07) is 16.3. The number of benzene rings is 2. The molecule has 1 aromatic heterocycles. The number of rotatable bonds is 9. The molecule has 0 aliphatic rings. The Labute approximate surface area is 212 Å². The quantitative estimate of drug-likeness (QED) is 0.294. The number of urea groups is 2. The number of nitrogens with zero attached hydrogens (tertiary/aromatic N) is 2. The Kier molecular flexibility index (Phi) is 9.54. The third kappa shape index (κ3) is 8.37. The Morgan fingerprint density at radius 2 is 1.83 bits per heavy atom. The number of hydrogen-bond acceptors (Lipinski definition) is 5. The number of anilines is 2. The van der Waals surface area contributed by atoms with E-state index in [1.54, 1.807) is 30.3 Å². The van der Waals surface area contributed by atoms with Crippen LogP contribution in [-0.4, -0.2) is 30.2 Å². The summed E-state index contributed by atoms with van der Waals surface area (Å²) in [6.45, 7) is 0.997. The predicted molar refractivity (Wildman–Crippen MR) is 135 cm³/mol. The van der Waals surface area contributed by atoms with Crippen LogP contribution in [0.4, 0.5) is 21.1 Å². The molecule has 0 bridgehead atoms. The highest BCUT2D eigenvalue weighted by atomic mass is 35.5. The van der Waals surface area contributed by atoms with Crippen molar-refractivity contribution in [1.82, 2.24) is 15.6 Å². The van der Waals surface area contributed by atoms with Crippen LogP contribution in [0, 0.1) is 11.3 Å². The Morgan fingerprint density at radius 3 is 2.57 bits per heavy atom. The van der Waals surface area contributed by atoms with Gasteiger partial charge in [0.25, 0.3) is 0 Å². The standard InChI is InChI=1S/C24H22Cl2N6O3/c25-18-7-8-21(20(12-18)31-24(34)32-22-9-6-16(13-27)14-29-22)35-11-3-10-28-23(33)30-15-17-4-1-2-5-19(17)26/h1-2,4-9,12,14H,3,10-11,15H2,(H2,28,30,33)(H2,29,31,32,34). The number of nitrogens with one attached hydrogen (secondary N) is 4. The Bertz CT molecular complexity index is 1210. The van der Waals surface area contributed by atoms with Crippen molar-refractivity contribution in [3.63, 3.8) is 0 Å². The van der Waals surface area contributed by atoms with Crippen LogP contribution in [0.5, 0.6) is 5.75 Å². The second kappa shape index (κ2) is 13.0. The van der Waals surface area contributed by atoms with Crippen molar-refractivity contribution in [3.8, 4) is 11.8 Å². The molecule has 0 spiro atoms. The molecular weight excluding hydrogens is 491 g/mol. The van der Waals surface area contributed by atoms with E-state index in [1.807, 2.05) is 24.3 Å². The Balaban J connectivity index is 1.43. The van der Waals surface area contributed by atoms with Crippen LogP contribution in [0.3, 0.4) is 0 Å². The number of carbonyl (C=O) groups excluding carboxylic acids is 2. The van der Waals surface area contributed by atoms with Gasteiger partial charge in [0.05, 0.1) is 17.9 Å². The van der Waals surface area contributed by atoms with E-state index in [0.29, 0.717) is 53.2 Å². The number of halogens is 2. The molecule has 0 saturated carbocycles. The number of ether oxygens (including phenoxy) is 1. The second-order valence-corrected chi connectivity index (χ2v) is 8.01. The number of carbonyl (C=O) groups is 2. The molecule has 4 amide bonds. The zero-order chi connectivity index (χ0) is 25.0. The lowest BCUT2D eigenvalue weighted by Gasteiger charge is -2.14. The van der Waals surface area contributed by atoms with Gasteiger partial charge in [-0.3, -0.25) is 5.32 Å². The zero-order valence-electron chi connectivity index (χ0n) is 18.5. The van der Waals surface area contributed by atoms with E-state index in [2.05, 4.69) is 26.3 Å². The van der Waals surface area contributed by atoms with E-state index in [-0.39, 0.29) is 11.8 Å². The molecule has 3 rings (SSSR count). The zero-order valence-corrected chi connectivity index (χ0v) is 20.0. The van der Waals surface area contributed by atoms with Crippen molar-refractivity contribution in [2.75, 3.05) is 23.8 Å². The topological polar surface area (TPSA) is 128 Å². The van der Waals surface area contributed by atoms with Gasteiger partial charge >= 0.3 is 12.1 Å². The van der Waals surface area contributed by atoms with Crippen LogP contribution >= 0.6 is 23.2 Å².